The van der Waals surface area contributed by atoms with Crippen molar-refractivity contribution in [3.8, 4) is 0 Å². The number of aliphatic hydroxyl groups excluding tert-OH is 1. The van der Waals surface area contributed by atoms with E-state index in [0.717, 1.165) is 6.54 Å². The summed E-state index contributed by atoms with van der Waals surface area (Å²) >= 11 is 0. The summed E-state index contributed by atoms with van der Waals surface area (Å²) in [5, 5.41) is 9.28. The molecule has 3 aromatic rings. The van der Waals surface area contributed by atoms with Crippen LogP contribution in [0.1, 0.15) is 18.9 Å². The van der Waals surface area contributed by atoms with Gasteiger partial charge in [0.1, 0.15) is 0 Å². The highest BCUT2D eigenvalue weighted by molar-refractivity contribution is 5.67. The maximum Gasteiger partial charge on any atom is 0.421 e. The molecule has 0 radical (unpaired) electrons. The van der Waals surface area contributed by atoms with Crippen molar-refractivity contribution in [2.75, 3.05) is 13.2 Å². The lowest BCUT2D eigenvalue weighted by Crippen LogP contribution is -2.37. The summed E-state index contributed by atoms with van der Waals surface area (Å²) in [5.41, 5.74) is 2.28. The number of hydrogen-bond acceptors (Lipinski definition) is 5. The molecule has 2 aromatic heterocycles. The van der Waals surface area contributed by atoms with Crippen LogP contribution in [0.3, 0.4) is 0 Å². The molecule has 1 aromatic carbocycles. The van der Waals surface area contributed by atoms with Crippen molar-refractivity contribution >= 4 is 11.2 Å². The second-order valence-electron chi connectivity index (χ2n) is 6.16. The average Bonchev–Trinajstić information content (AvgIpc) is 2.95. The van der Waals surface area contributed by atoms with Crippen LogP contribution in [0.2, 0.25) is 0 Å². The van der Waals surface area contributed by atoms with E-state index in [2.05, 4.69) is 28.9 Å². The minimum absolute atomic E-state index is 0.141. The second-order valence-corrected chi connectivity index (χ2v) is 6.16. The molecule has 3 rings (SSSR count). The third-order valence-electron chi connectivity index (χ3n) is 4.43. The van der Waals surface area contributed by atoms with Crippen molar-refractivity contribution in [3.63, 3.8) is 0 Å². The molecule has 1 unspecified atom stereocenters. The van der Waals surface area contributed by atoms with Crippen LogP contribution in [0.5, 0.6) is 0 Å². The predicted molar refractivity (Wildman–Crippen MR) is 96.3 cm³/mol. The number of fused-ring (bicyclic) bond motifs is 1. The van der Waals surface area contributed by atoms with Gasteiger partial charge >= 0.3 is 5.76 Å². The van der Waals surface area contributed by atoms with Gasteiger partial charge in [-0.15, -0.1) is 0 Å². The Labute approximate surface area is 146 Å². The minimum atomic E-state index is -0.386. The maximum absolute atomic E-state index is 12.1. The third-order valence-corrected chi connectivity index (χ3v) is 4.43. The van der Waals surface area contributed by atoms with Crippen LogP contribution in [0, 0.1) is 0 Å². The highest BCUT2D eigenvalue weighted by Crippen LogP contribution is 2.13. The molecular formula is C19H23N3O3. The Hall–Kier alpha value is -2.44. The highest BCUT2D eigenvalue weighted by Gasteiger charge is 2.16. The van der Waals surface area contributed by atoms with Crippen LogP contribution in [0.25, 0.3) is 11.2 Å². The fraction of sp³-hybridized carbons (Fsp3) is 0.368. The molecular weight excluding hydrogens is 318 g/mol. The lowest BCUT2D eigenvalue weighted by molar-refractivity contribution is 0.155. The standard InChI is InChI=1S/C19H23N3O3/c1-15(9-13-23)21(14-16-6-3-2-4-7-16)11-12-22-18-17(25-19(22)24)8-5-10-20-18/h2-8,10,15,23H,9,11-14H2,1H3. The first-order valence-electron chi connectivity index (χ1n) is 8.52. The summed E-state index contributed by atoms with van der Waals surface area (Å²) in [6.07, 6.45) is 2.34. The van der Waals surface area contributed by atoms with E-state index in [1.165, 1.54) is 5.56 Å². The molecule has 0 saturated carbocycles. The largest absolute Gasteiger partial charge is 0.421 e. The zero-order valence-corrected chi connectivity index (χ0v) is 14.3. The number of pyridine rings is 1. The SMILES string of the molecule is CC(CCO)N(CCn1c(=O)oc2cccnc21)Cc1ccccc1. The van der Waals surface area contributed by atoms with Crippen molar-refractivity contribution in [1.82, 2.24) is 14.5 Å². The van der Waals surface area contributed by atoms with Gasteiger partial charge in [0.15, 0.2) is 11.2 Å². The molecule has 0 fully saturated rings. The Balaban J connectivity index is 1.77. The van der Waals surface area contributed by atoms with Crippen molar-refractivity contribution in [1.29, 1.82) is 0 Å². The van der Waals surface area contributed by atoms with Gasteiger partial charge in [0.25, 0.3) is 0 Å². The molecule has 25 heavy (non-hydrogen) atoms. The quantitative estimate of drug-likeness (QED) is 0.680. The van der Waals surface area contributed by atoms with E-state index in [0.29, 0.717) is 30.7 Å². The lowest BCUT2D eigenvalue weighted by atomic mass is 10.1. The van der Waals surface area contributed by atoms with Gasteiger partial charge in [-0.3, -0.25) is 9.47 Å². The van der Waals surface area contributed by atoms with E-state index < -0.39 is 0 Å². The molecule has 0 aliphatic heterocycles. The van der Waals surface area contributed by atoms with Gasteiger partial charge in [0.05, 0.1) is 0 Å². The molecule has 1 N–H and O–H groups in total. The number of aromatic nitrogens is 2. The van der Waals surface area contributed by atoms with E-state index >= 15 is 0 Å². The first-order valence-corrected chi connectivity index (χ1v) is 8.52. The second kappa shape index (κ2) is 8.09. The fourth-order valence-corrected chi connectivity index (χ4v) is 2.97. The number of aliphatic hydroxyl groups is 1. The Morgan fingerprint density at radius 3 is 2.80 bits per heavy atom. The fourth-order valence-electron chi connectivity index (χ4n) is 2.97. The Bertz CT molecular complexity index is 857. The van der Waals surface area contributed by atoms with E-state index in [1.807, 2.05) is 18.2 Å². The first-order chi connectivity index (χ1) is 12.2. The van der Waals surface area contributed by atoms with Gasteiger partial charge in [0.2, 0.25) is 0 Å². The van der Waals surface area contributed by atoms with Crippen LogP contribution < -0.4 is 5.76 Å². The van der Waals surface area contributed by atoms with Crippen LogP contribution in [0.4, 0.5) is 0 Å². The van der Waals surface area contributed by atoms with Crippen LogP contribution in [-0.2, 0) is 13.1 Å². The molecule has 0 bridgehead atoms. The molecule has 132 valence electrons. The molecule has 6 nitrogen and oxygen atoms in total. The summed E-state index contributed by atoms with van der Waals surface area (Å²) in [7, 11) is 0. The summed E-state index contributed by atoms with van der Waals surface area (Å²) in [6, 6.07) is 13.9. The summed E-state index contributed by atoms with van der Waals surface area (Å²) in [5.74, 6) is -0.386. The predicted octanol–water partition coefficient (Wildman–Crippen LogP) is 2.26. The number of rotatable bonds is 8. The number of benzene rings is 1. The van der Waals surface area contributed by atoms with E-state index in [9.17, 15) is 9.90 Å². The van der Waals surface area contributed by atoms with Gasteiger partial charge < -0.3 is 9.52 Å². The molecule has 0 aliphatic carbocycles. The van der Waals surface area contributed by atoms with Crippen molar-refractivity contribution < 1.29 is 9.52 Å². The molecule has 1 atom stereocenters. The van der Waals surface area contributed by atoms with Crippen LogP contribution in [-0.4, -0.2) is 38.8 Å². The third kappa shape index (κ3) is 4.15. The first kappa shape index (κ1) is 17.4. The normalized spacial score (nSPS) is 12.8. The van der Waals surface area contributed by atoms with Gasteiger partial charge in [-0.25, -0.2) is 9.78 Å². The molecule has 0 aliphatic rings. The van der Waals surface area contributed by atoms with E-state index in [-0.39, 0.29) is 18.4 Å². The minimum Gasteiger partial charge on any atom is -0.406 e. The Kier molecular flexibility index (Phi) is 5.63. The summed E-state index contributed by atoms with van der Waals surface area (Å²) < 4.78 is 6.81. The zero-order chi connectivity index (χ0) is 17.6. The van der Waals surface area contributed by atoms with E-state index in [4.69, 9.17) is 4.42 Å². The topological polar surface area (TPSA) is 71.5 Å². The monoisotopic (exact) mass is 341 g/mol. The van der Waals surface area contributed by atoms with Gasteiger partial charge in [0, 0.05) is 38.5 Å². The maximum atomic E-state index is 12.1. The van der Waals surface area contributed by atoms with Crippen molar-refractivity contribution in [2.45, 2.75) is 32.5 Å². The van der Waals surface area contributed by atoms with Gasteiger partial charge in [-0.05, 0) is 31.0 Å². The molecule has 6 heteroatoms. The molecule has 2 heterocycles. The van der Waals surface area contributed by atoms with Crippen LogP contribution >= 0.6 is 0 Å². The molecule has 0 saturated heterocycles. The Morgan fingerprint density at radius 1 is 1.24 bits per heavy atom. The average molecular weight is 341 g/mol. The lowest BCUT2D eigenvalue weighted by Gasteiger charge is -2.28. The summed E-state index contributed by atoms with van der Waals surface area (Å²) in [6.45, 7) is 4.16. The zero-order valence-electron chi connectivity index (χ0n) is 14.3. The number of oxazole rings is 1. The van der Waals surface area contributed by atoms with Crippen molar-refractivity contribution in [3.05, 3.63) is 64.8 Å². The number of nitrogens with zero attached hydrogens (tertiary/aromatic N) is 3. The van der Waals surface area contributed by atoms with E-state index in [1.54, 1.807) is 22.9 Å². The van der Waals surface area contributed by atoms with Gasteiger partial charge in [-0.2, -0.15) is 0 Å². The number of hydrogen-bond donors (Lipinski definition) is 1. The van der Waals surface area contributed by atoms with Crippen molar-refractivity contribution in [2.24, 2.45) is 0 Å². The molecule has 0 spiro atoms. The van der Waals surface area contributed by atoms with Gasteiger partial charge in [-0.1, -0.05) is 30.3 Å². The Morgan fingerprint density at radius 2 is 2.04 bits per heavy atom. The smallest absolute Gasteiger partial charge is 0.406 e. The highest BCUT2D eigenvalue weighted by atomic mass is 16.4. The molecule has 0 amide bonds. The summed E-state index contributed by atoms with van der Waals surface area (Å²) in [4.78, 5) is 18.6. The van der Waals surface area contributed by atoms with Crippen LogP contribution in [0.15, 0.2) is 57.9 Å².